The van der Waals surface area contributed by atoms with E-state index in [0.717, 1.165) is 4.47 Å². The van der Waals surface area contributed by atoms with Crippen LogP contribution in [0.2, 0.25) is 0 Å². The number of hydrogen-bond donors (Lipinski definition) is 1. The molecule has 0 bridgehead atoms. The molecule has 20 heavy (non-hydrogen) atoms. The topological polar surface area (TPSA) is 45.0 Å². The van der Waals surface area contributed by atoms with Crippen LogP contribution in [-0.4, -0.2) is 7.11 Å². The number of ether oxygens (including phenoxy) is 1. The van der Waals surface area contributed by atoms with Gasteiger partial charge in [-0.1, -0.05) is 22.0 Å². The van der Waals surface area contributed by atoms with Crippen molar-refractivity contribution in [1.82, 2.24) is 0 Å². The number of halogens is 2. The van der Waals surface area contributed by atoms with Crippen molar-refractivity contribution in [3.05, 3.63) is 58.3 Å². The number of benzene rings is 2. The van der Waals surface area contributed by atoms with Gasteiger partial charge < -0.3 is 10.1 Å². The Bertz CT molecular complexity index is 655. The lowest BCUT2D eigenvalue weighted by Crippen LogP contribution is -2.10. The molecule has 0 saturated heterocycles. The average Bonchev–Trinajstić information content (AvgIpc) is 2.45. The normalized spacial score (nSPS) is 11.5. The van der Waals surface area contributed by atoms with E-state index in [1.807, 2.05) is 6.07 Å². The summed E-state index contributed by atoms with van der Waals surface area (Å²) in [6.07, 6.45) is 0. The van der Waals surface area contributed by atoms with Crippen LogP contribution in [-0.2, 0) is 0 Å². The molecular weight excluding hydrogens is 323 g/mol. The first-order valence-corrected chi connectivity index (χ1v) is 6.68. The fourth-order valence-corrected chi connectivity index (χ4v) is 2.23. The van der Waals surface area contributed by atoms with Crippen molar-refractivity contribution in [2.24, 2.45) is 0 Å². The first kappa shape index (κ1) is 14.4. The van der Waals surface area contributed by atoms with E-state index in [-0.39, 0.29) is 5.82 Å². The van der Waals surface area contributed by atoms with Gasteiger partial charge in [-0.25, -0.2) is 4.39 Å². The Hall–Kier alpha value is -2.06. The maximum absolute atomic E-state index is 13.2. The molecular formula is C15H12BrFN2O. The number of anilines is 1. The van der Waals surface area contributed by atoms with E-state index >= 15 is 0 Å². The third kappa shape index (κ3) is 3.28. The molecule has 0 aliphatic rings. The number of nitrogens with zero attached hydrogens (tertiary/aromatic N) is 1. The summed E-state index contributed by atoms with van der Waals surface area (Å²) < 4.78 is 19.3. The Morgan fingerprint density at radius 3 is 2.75 bits per heavy atom. The van der Waals surface area contributed by atoms with Crippen LogP contribution in [0.1, 0.15) is 11.6 Å². The van der Waals surface area contributed by atoms with Crippen LogP contribution in [0, 0.1) is 17.1 Å². The molecule has 0 saturated carbocycles. The minimum atomic E-state index is -0.635. The highest BCUT2D eigenvalue weighted by atomic mass is 79.9. The number of hydrogen-bond acceptors (Lipinski definition) is 3. The van der Waals surface area contributed by atoms with Crippen molar-refractivity contribution >= 4 is 21.6 Å². The molecule has 2 rings (SSSR count). The fourth-order valence-electron chi connectivity index (χ4n) is 1.86. The number of nitriles is 1. The van der Waals surface area contributed by atoms with Gasteiger partial charge in [-0.2, -0.15) is 5.26 Å². The van der Waals surface area contributed by atoms with Gasteiger partial charge in [0.2, 0.25) is 0 Å². The average molecular weight is 335 g/mol. The van der Waals surface area contributed by atoms with Gasteiger partial charge in [-0.3, -0.25) is 0 Å². The van der Waals surface area contributed by atoms with Crippen molar-refractivity contribution in [2.45, 2.75) is 6.04 Å². The minimum Gasteiger partial charge on any atom is -0.496 e. The zero-order valence-corrected chi connectivity index (χ0v) is 12.3. The van der Waals surface area contributed by atoms with E-state index < -0.39 is 6.04 Å². The van der Waals surface area contributed by atoms with Crippen LogP contribution in [0.25, 0.3) is 0 Å². The summed E-state index contributed by atoms with van der Waals surface area (Å²) in [5.41, 5.74) is 1.23. The summed E-state index contributed by atoms with van der Waals surface area (Å²) in [7, 11) is 1.54. The van der Waals surface area contributed by atoms with Crippen LogP contribution in [0.15, 0.2) is 46.9 Å². The Morgan fingerprint density at radius 2 is 2.10 bits per heavy atom. The zero-order valence-electron chi connectivity index (χ0n) is 10.7. The summed E-state index contributed by atoms with van der Waals surface area (Å²) in [5, 5.41) is 12.3. The molecule has 1 unspecified atom stereocenters. The first-order chi connectivity index (χ1) is 9.63. The molecule has 0 radical (unpaired) electrons. The molecule has 0 aliphatic carbocycles. The van der Waals surface area contributed by atoms with Gasteiger partial charge >= 0.3 is 0 Å². The Morgan fingerprint density at radius 1 is 1.30 bits per heavy atom. The second-order valence-electron chi connectivity index (χ2n) is 4.10. The zero-order chi connectivity index (χ0) is 14.5. The highest BCUT2D eigenvalue weighted by Gasteiger charge is 2.16. The van der Waals surface area contributed by atoms with Gasteiger partial charge in [0.1, 0.15) is 17.6 Å². The molecule has 2 aromatic rings. The second-order valence-corrected chi connectivity index (χ2v) is 5.02. The third-order valence-electron chi connectivity index (χ3n) is 2.77. The molecule has 5 heteroatoms. The monoisotopic (exact) mass is 334 g/mol. The van der Waals surface area contributed by atoms with Crippen molar-refractivity contribution < 1.29 is 9.13 Å². The Labute approximate surface area is 125 Å². The molecule has 0 heterocycles. The number of methoxy groups -OCH3 is 1. The number of rotatable bonds is 4. The predicted octanol–water partition coefficient (Wildman–Crippen LogP) is 4.27. The minimum absolute atomic E-state index is 0.354. The Balaban J connectivity index is 2.34. The lowest BCUT2D eigenvalue weighted by atomic mass is 10.1. The maximum atomic E-state index is 13.2. The molecule has 0 fully saturated rings. The smallest absolute Gasteiger partial charge is 0.143 e. The van der Waals surface area contributed by atoms with Crippen LogP contribution >= 0.6 is 15.9 Å². The van der Waals surface area contributed by atoms with Gasteiger partial charge in [-0.05, 0) is 36.4 Å². The molecule has 2 aromatic carbocycles. The van der Waals surface area contributed by atoms with Gasteiger partial charge in [0.05, 0.1) is 13.2 Å². The standard InChI is InChI=1S/C15H12BrFN2O/c1-20-15-6-5-10(16)7-13(15)14(9-18)19-12-4-2-3-11(17)8-12/h2-8,14,19H,1H3. The van der Waals surface area contributed by atoms with Crippen LogP contribution in [0.3, 0.4) is 0 Å². The maximum Gasteiger partial charge on any atom is 0.143 e. The molecule has 1 N–H and O–H groups in total. The number of nitrogens with one attached hydrogen (secondary N) is 1. The predicted molar refractivity (Wildman–Crippen MR) is 79.1 cm³/mol. The first-order valence-electron chi connectivity index (χ1n) is 5.89. The van der Waals surface area contributed by atoms with E-state index in [0.29, 0.717) is 17.0 Å². The Kier molecular flexibility index (Phi) is 4.59. The van der Waals surface area contributed by atoms with Gasteiger partial charge in [0, 0.05) is 15.7 Å². The molecule has 3 nitrogen and oxygen atoms in total. The molecule has 0 aromatic heterocycles. The summed E-state index contributed by atoms with van der Waals surface area (Å²) in [5.74, 6) is 0.247. The SMILES string of the molecule is COc1ccc(Br)cc1C(C#N)Nc1cccc(F)c1. The van der Waals surface area contributed by atoms with Crippen molar-refractivity contribution in [2.75, 3.05) is 12.4 Å². The van der Waals surface area contributed by atoms with Crippen molar-refractivity contribution in [3.8, 4) is 11.8 Å². The quantitative estimate of drug-likeness (QED) is 0.907. The largest absolute Gasteiger partial charge is 0.496 e. The van der Waals surface area contributed by atoms with E-state index in [2.05, 4.69) is 27.3 Å². The fraction of sp³-hybridized carbons (Fsp3) is 0.133. The molecule has 0 spiro atoms. The highest BCUT2D eigenvalue weighted by Crippen LogP contribution is 2.30. The van der Waals surface area contributed by atoms with Gasteiger partial charge in [0.25, 0.3) is 0 Å². The lowest BCUT2D eigenvalue weighted by molar-refractivity contribution is 0.409. The van der Waals surface area contributed by atoms with E-state index in [1.54, 1.807) is 31.4 Å². The highest BCUT2D eigenvalue weighted by molar-refractivity contribution is 9.10. The van der Waals surface area contributed by atoms with Crippen LogP contribution in [0.5, 0.6) is 5.75 Å². The van der Waals surface area contributed by atoms with Crippen molar-refractivity contribution in [1.29, 1.82) is 5.26 Å². The van der Waals surface area contributed by atoms with Gasteiger partial charge in [0.15, 0.2) is 0 Å². The molecule has 0 aliphatic heterocycles. The lowest BCUT2D eigenvalue weighted by Gasteiger charge is -2.16. The summed E-state index contributed by atoms with van der Waals surface area (Å²) in [6.45, 7) is 0. The van der Waals surface area contributed by atoms with Crippen molar-refractivity contribution in [3.63, 3.8) is 0 Å². The summed E-state index contributed by atoms with van der Waals surface area (Å²) >= 11 is 3.37. The summed E-state index contributed by atoms with van der Waals surface area (Å²) in [4.78, 5) is 0. The summed E-state index contributed by atoms with van der Waals surface area (Å²) in [6, 6.07) is 12.9. The molecule has 1 atom stereocenters. The third-order valence-corrected chi connectivity index (χ3v) is 3.26. The van der Waals surface area contributed by atoms with Gasteiger partial charge in [-0.15, -0.1) is 0 Å². The van der Waals surface area contributed by atoms with E-state index in [9.17, 15) is 9.65 Å². The van der Waals surface area contributed by atoms with Crippen LogP contribution < -0.4 is 10.1 Å². The second kappa shape index (κ2) is 6.40. The van der Waals surface area contributed by atoms with Crippen LogP contribution in [0.4, 0.5) is 10.1 Å². The molecule has 102 valence electrons. The van der Waals surface area contributed by atoms with E-state index in [1.165, 1.54) is 12.1 Å². The van der Waals surface area contributed by atoms with E-state index in [4.69, 9.17) is 4.74 Å². The molecule has 0 amide bonds.